The fraction of sp³-hybridized carbons (Fsp3) is 0.571. The number of hydrogen-bond donors (Lipinski definition) is 2. The molecule has 0 spiro atoms. The molecule has 0 fully saturated rings. The standard InChI is InChI=1S/C14H23BrN2/c1-3-4-5-6-12(10-16)17-14-9-11(2)7-8-13(14)15/h7-9,12,17H,3-6,10,16H2,1-2H3. The van der Waals surface area contributed by atoms with E-state index in [1.165, 1.54) is 24.8 Å². The van der Waals surface area contributed by atoms with Crippen LogP contribution in [0.5, 0.6) is 0 Å². The summed E-state index contributed by atoms with van der Waals surface area (Å²) in [5, 5.41) is 3.52. The second kappa shape index (κ2) is 7.72. The van der Waals surface area contributed by atoms with Gasteiger partial charge in [0.2, 0.25) is 0 Å². The third kappa shape index (κ3) is 5.09. The lowest BCUT2D eigenvalue weighted by molar-refractivity contribution is 0.591. The van der Waals surface area contributed by atoms with Crippen molar-refractivity contribution in [2.45, 2.75) is 45.6 Å². The van der Waals surface area contributed by atoms with E-state index in [0.717, 1.165) is 16.6 Å². The van der Waals surface area contributed by atoms with Gasteiger partial charge >= 0.3 is 0 Å². The van der Waals surface area contributed by atoms with Crippen molar-refractivity contribution in [1.29, 1.82) is 0 Å². The molecule has 1 aromatic carbocycles. The molecule has 1 rings (SSSR count). The van der Waals surface area contributed by atoms with Crippen molar-refractivity contribution in [3.05, 3.63) is 28.2 Å². The van der Waals surface area contributed by atoms with E-state index in [0.29, 0.717) is 12.6 Å². The highest BCUT2D eigenvalue weighted by Gasteiger charge is 2.08. The minimum Gasteiger partial charge on any atom is -0.380 e. The van der Waals surface area contributed by atoms with E-state index >= 15 is 0 Å². The zero-order valence-electron chi connectivity index (χ0n) is 10.8. The van der Waals surface area contributed by atoms with Crippen LogP contribution in [0.25, 0.3) is 0 Å². The van der Waals surface area contributed by atoms with Gasteiger partial charge in [-0.2, -0.15) is 0 Å². The van der Waals surface area contributed by atoms with E-state index in [9.17, 15) is 0 Å². The average molecular weight is 299 g/mol. The molecular weight excluding hydrogens is 276 g/mol. The summed E-state index contributed by atoms with van der Waals surface area (Å²) in [6.07, 6.45) is 4.93. The van der Waals surface area contributed by atoms with Gasteiger partial charge in [0.05, 0.1) is 0 Å². The third-order valence-corrected chi connectivity index (χ3v) is 3.61. The summed E-state index contributed by atoms with van der Waals surface area (Å²) in [5.74, 6) is 0. The van der Waals surface area contributed by atoms with E-state index in [1.807, 2.05) is 0 Å². The second-order valence-electron chi connectivity index (χ2n) is 4.56. The van der Waals surface area contributed by atoms with Gasteiger partial charge < -0.3 is 11.1 Å². The number of anilines is 1. The molecule has 1 unspecified atom stereocenters. The number of nitrogens with one attached hydrogen (secondary N) is 1. The Bertz CT molecular complexity index is 339. The summed E-state index contributed by atoms with van der Waals surface area (Å²) in [5.41, 5.74) is 8.23. The van der Waals surface area contributed by atoms with Crippen molar-refractivity contribution >= 4 is 21.6 Å². The van der Waals surface area contributed by atoms with Gasteiger partial charge in [-0.1, -0.05) is 32.3 Å². The zero-order chi connectivity index (χ0) is 12.7. The summed E-state index contributed by atoms with van der Waals surface area (Å²) < 4.78 is 1.11. The van der Waals surface area contributed by atoms with Crippen LogP contribution in [0.15, 0.2) is 22.7 Å². The minimum absolute atomic E-state index is 0.375. The Balaban J connectivity index is 2.57. The lowest BCUT2D eigenvalue weighted by atomic mass is 10.1. The fourth-order valence-electron chi connectivity index (χ4n) is 1.86. The first kappa shape index (κ1) is 14.5. The number of benzene rings is 1. The van der Waals surface area contributed by atoms with Crippen LogP contribution in [0.1, 0.15) is 38.2 Å². The number of rotatable bonds is 7. The molecule has 1 atom stereocenters. The molecule has 0 aliphatic heterocycles. The molecule has 3 N–H and O–H groups in total. The molecule has 0 aliphatic rings. The number of aryl methyl sites for hydroxylation is 1. The number of unbranched alkanes of at least 4 members (excludes halogenated alkanes) is 2. The Morgan fingerprint density at radius 3 is 2.76 bits per heavy atom. The highest BCUT2D eigenvalue weighted by molar-refractivity contribution is 9.10. The first-order chi connectivity index (χ1) is 8.17. The highest BCUT2D eigenvalue weighted by Crippen LogP contribution is 2.24. The monoisotopic (exact) mass is 298 g/mol. The van der Waals surface area contributed by atoms with E-state index in [2.05, 4.69) is 53.3 Å². The smallest absolute Gasteiger partial charge is 0.0489 e. The van der Waals surface area contributed by atoms with Gasteiger partial charge in [-0.15, -0.1) is 0 Å². The molecule has 0 aromatic heterocycles. The van der Waals surface area contributed by atoms with Crippen LogP contribution in [0, 0.1) is 6.92 Å². The molecule has 0 heterocycles. The molecule has 0 saturated carbocycles. The lowest BCUT2D eigenvalue weighted by Gasteiger charge is -2.19. The molecule has 2 nitrogen and oxygen atoms in total. The molecule has 0 amide bonds. The predicted octanol–water partition coefficient (Wildman–Crippen LogP) is 4.08. The third-order valence-electron chi connectivity index (χ3n) is 2.92. The SMILES string of the molecule is CCCCCC(CN)Nc1cc(C)ccc1Br. The van der Waals surface area contributed by atoms with E-state index < -0.39 is 0 Å². The Labute approximate surface area is 113 Å². The highest BCUT2D eigenvalue weighted by atomic mass is 79.9. The average Bonchev–Trinajstić information content (AvgIpc) is 2.32. The molecule has 17 heavy (non-hydrogen) atoms. The quantitative estimate of drug-likeness (QED) is 0.745. The van der Waals surface area contributed by atoms with Gasteiger partial charge in [-0.25, -0.2) is 0 Å². The molecule has 3 heteroatoms. The lowest BCUT2D eigenvalue weighted by Crippen LogP contribution is -2.28. The summed E-state index contributed by atoms with van der Waals surface area (Å²) >= 11 is 3.57. The van der Waals surface area contributed by atoms with E-state index in [4.69, 9.17) is 5.73 Å². The Morgan fingerprint density at radius 2 is 2.12 bits per heavy atom. The number of hydrogen-bond acceptors (Lipinski definition) is 2. The Kier molecular flexibility index (Phi) is 6.60. The van der Waals surface area contributed by atoms with Crippen molar-refractivity contribution < 1.29 is 0 Å². The van der Waals surface area contributed by atoms with Gasteiger partial charge in [-0.3, -0.25) is 0 Å². The maximum Gasteiger partial charge on any atom is 0.0489 e. The normalized spacial score (nSPS) is 12.5. The predicted molar refractivity (Wildman–Crippen MR) is 79.5 cm³/mol. The van der Waals surface area contributed by atoms with Gasteiger partial charge in [0, 0.05) is 22.7 Å². The van der Waals surface area contributed by atoms with Crippen molar-refractivity contribution in [2.75, 3.05) is 11.9 Å². The molecule has 0 radical (unpaired) electrons. The summed E-state index contributed by atoms with van der Waals surface area (Å²) in [4.78, 5) is 0. The molecule has 1 aromatic rings. The van der Waals surface area contributed by atoms with Crippen molar-refractivity contribution in [1.82, 2.24) is 0 Å². The van der Waals surface area contributed by atoms with Crippen molar-refractivity contribution in [3.63, 3.8) is 0 Å². The maximum atomic E-state index is 5.81. The summed E-state index contributed by atoms with van der Waals surface area (Å²) in [7, 11) is 0. The van der Waals surface area contributed by atoms with Crippen LogP contribution in [-0.4, -0.2) is 12.6 Å². The molecule has 0 bridgehead atoms. The van der Waals surface area contributed by atoms with Crippen molar-refractivity contribution in [3.8, 4) is 0 Å². The summed E-state index contributed by atoms with van der Waals surface area (Å²) in [6.45, 7) is 5.01. The largest absolute Gasteiger partial charge is 0.380 e. The molecule has 96 valence electrons. The van der Waals surface area contributed by atoms with Crippen LogP contribution in [0.3, 0.4) is 0 Å². The Morgan fingerprint density at radius 1 is 1.35 bits per heavy atom. The molecule has 0 aliphatic carbocycles. The van der Waals surface area contributed by atoms with Gasteiger partial charge in [-0.05, 0) is 47.0 Å². The molecule has 0 saturated heterocycles. The maximum absolute atomic E-state index is 5.81. The zero-order valence-corrected chi connectivity index (χ0v) is 12.4. The number of nitrogens with two attached hydrogens (primary N) is 1. The van der Waals surface area contributed by atoms with Crippen LogP contribution >= 0.6 is 15.9 Å². The minimum atomic E-state index is 0.375. The van der Waals surface area contributed by atoms with E-state index in [-0.39, 0.29) is 0 Å². The van der Waals surface area contributed by atoms with Gasteiger partial charge in [0.15, 0.2) is 0 Å². The van der Waals surface area contributed by atoms with Gasteiger partial charge in [0.1, 0.15) is 0 Å². The fourth-order valence-corrected chi connectivity index (χ4v) is 2.22. The van der Waals surface area contributed by atoms with Gasteiger partial charge in [0.25, 0.3) is 0 Å². The first-order valence-electron chi connectivity index (χ1n) is 6.40. The van der Waals surface area contributed by atoms with Crippen LogP contribution < -0.4 is 11.1 Å². The summed E-state index contributed by atoms with van der Waals surface area (Å²) in [6, 6.07) is 6.72. The Hall–Kier alpha value is -0.540. The topological polar surface area (TPSA) is 38.0 Å². The van der Waals surface area contributed by atoms with Crippen LogP contribution in [0.2, 0.25) is 0 Å². The van der Waals surface area contributed by atoms with E-state index in [1.54, 1.807) is 0 Å². The number of halogens is 1. The first-order valence-corrected chi connectivity index (χ1v) is 7.19. The van der Waals surface area contributed by atoms with Crippen molar-refractivity contribution in [2.24, 2.45) is 5.73 Å². The van der Waals surface area contributed by atoms with Crippen LogP contribution in [0.4, 0.5) is 5.69 Å². The molecular formula is C14H23BrN2. The second-order valence-corrected chi connectivity index (χ2v) is 5.41. The van der Waals surface area contributed by atoms with Crippen LogP contribution in [-0.2, 0) is 0 Å².